The van der Waals surface area contributed by atoms with Gasteiger partial charge in [-0.3, -0.25) is 9.59 Å². The number of hydrogen-bond acceptors (Lipinski definition) is 5. The maximum atomic E-state index is 12.3. The molecule has 3 rings (SSSR count). The summed E-state index contributed by atoms with van der Waals surface area (Å²) in [5, 5.41) is 3.51. The number of hydrogen-bond donors (Lipinski definition) is 1. The van der Waals surface area contributed by atoms with Gasteiger partial charge in [0.2, 0.25) is 11.8 Å². The lowest BCUT2D eigenvalue weighted by atomic mass is 10.1. The highest BCUT2D eigenvalue weighted by Gasteiger charge is 2.24. The zero-order valence-electron chi connectivity index (χ0n) is 17.4. The van der Waals surface area contributed by atoms with E-state index >= 15 is 0 Å². The molecule has 0 atom stereocenters. The van der Waals surface area contributed by atoms with E-state index in [-0.39, 0.29) is 11.8 Å². The Morgan fingerprint density at radius 3 is 2.76 bits per heavy atom. The summed E-state index contributed by atoms with van der Waals surface area (Å²) in [6.45, 7) is 7.94. The number of nitrogens with zero attached hydrogens (tertiary/aromatic N) is 2. The van der Waals surface area contributed by atoms with E-state index in [0.717, 1.165) is 22.7 Å². The van der Waals surface area contributed by atoms with E-state index in [1.54, 1.807) is 0 Å². The van der Waals surface area contributed by atoms with Gasteiger partial charge in [-0.05, 0) is 31.4 Å². The third-order valence-electron chi connectivity index (χ3n) is 4.75. The standard InChI is InChI=1S/C22H29N3O3S/c1-15(2)13-21(27)25-11-10-18-19(14-25)29-22(23-18)24-20(26)5-4-12-28-17-8-6-16(3)7-9-17/h6-9,15H,4-5,10-14H2,1-3H3,(H,23,24,26). The maximum absolute atomic E-state index is 12.3. The number of aromatic nitrogens is 1. The van der Waals surface area contributed by atoms with Crippen molar-refractivity contribution in [3.8, 4) is 5.75 Å². The lowest BCUT2D eigenvalue weighted by Gasteiger charge is -2.26. The van der Waals surface area contributed by atoms with Crippen molar-refractivity contribution in [2.24, 2.45) is 5.92 Å². The van der Waals surface area contributed by atoms with Gasteiger partial charge in [0.25, 0.3) is 0 Å². The fourth-order valence-corrected chi connectivity index (χ4v) is 4.22. The van der Waals surface area contributed by atoms with Crippen molar-refractivity contribution >= 4 is 28.3 Å². The summed E-state index contributed by atoms with van der Waals surface area (Å²) in [5.74, 6) is 1.31. The molecule has 1 aliphatic heterocycles. The Morgan fingerprint density at radius 2 is 2.03 bits per heavy atom. The van der Waals surface area contributed by atoms with Crippen LogP contribution in [-0.2, 0) is 22.6 Å². The largest absolute Gasteiger partial charge is 0.494 e. The van der Waals surface area contributed by atoms with Gasteiger partial charge in [-0.25, -0.2) is 4.98 Å². The Labute approximate surface area is 176 Å². The molecule has 1 N–H and O–H groups in total. The van der Waals surface area contributed by atoms with E-state index in [9.17, 15) is 9.59 Å². The van der Waals surface area contributed by atoms with E-state index in [4.69, 9.17) is 4.74 Å². The Bertz CT molecular complexity index is 845. The van der Waals surface area contributed by atoms with Crippen LogP contribution >= 0.6 is 11.3 Å². The molecule has 6 nitrogen and oxygen atoms in total. The highest BCUT2D eigenvalue weighted by Crippen LogP contribution is 2.29. The number of anilines is 1. The van der Waals surface area contributed by atoms with Gasteiger partial charge in [0.15, 0.2) is 5.13 Å². The molecule has 0 radical (unpaired) electrons. The average molecular weight is 416 g/mol. The Balaban J connectivity index is 1.43. The van der Waals surface area contributed by atoms with Crippen LogP contribution < -0.4 is 10.1 Å². The molecule has 1 aliphatic rings. The van der Waals surface area contributed by atoms with Gasteiger partial charge in [0, 0.05) is 30.7 Å². The number of ether oxygens (including phenoxy) is 1. The molecular weight excluding hydrogens is 386 g/mol. The number of aryl methyl sites for hydroxylation is 1. The highest BCUT2D eigenvalue weighted by molar-refractivity contribution is 7.15. The van der Waals surface area contributed by atoms with Gasteiger partial charge in [-0.1, -0.05) is 42.9 Å². The first-order valence-electron chi connectivity index (χ1n) is 10.2. The summed E-state index contributed by atoms with van der Waals surface area (Å²) in [4.78, 5) is 32.0. The number of carbonyl (C=O) groups is 2. The fraction of sp³-hybridized carbons (Fsp3) is 0.500. The molecular formula is C22H29N3O3S. The van der Waals surface area contributed by atoms with E-state index in [1.165, 1.54) is 16.9 Å². The van der Waals surface area contributed by atoms with Gasteiger partial charge in [-0.2, -0.15) is 0 Å². The van der Waals surface area contributed by atoms with Crippen LogP contribution in [-0.4, -0.2) is 34.8 Å². The third kappa shape index (κ3) is 6.29. The van der Waals surface area contributed by atoms with E-state index in [0.29, 0.717) is 50.0 Å². The number of amides is 2. The summed E-state index contributed by atoms with van der Waals surface area (Å²) in [7, 11) is 0. The predicted octanol–water partition coefficient (Wildman–Crippen LogP) is 4.18. The van der Waals surface area contributed by atoms with Gasteiger partial charge >= 0.3 is 0 Å². The van der Waals surface area contributed by atoms with Crippen LogP contribution in [0.4, 0.5) is 5.13 Å². The Kier molecular flexibility index (Phi) is 7.25. The highest BCUT2D eigenvalue weighted by atomic mass is 32.1. The molecule has 0 fully saturated rings. The average Bonchev–Trinajstić information content (AvgIpc) is 3.07. The van der Waals surface area contributed by atoms with Crippen LogP contribution in [0.15, 0.2) is 24.3 Å². The fourth-order valence-electron chi connectivity index (χ4n) is 3.18. The molecule has 0 spiro atoms. The van der Waals surface area contributed by atoms with Gasteiger partial charge in [-0.15, -0.1) is 0 Å². The smallest absolute Gasteiger partial charge is 0.226 e. The van der Waals surface area contributed by atoms with Crippen LogP contribution in [0.3, 0.4) is 0 Å². The minimum atomic E-state index is -0.0589. The van der Waals surface area contributed by atoms with Crippen molar-refractivity contribution in [2.45, 2.75) is 53.0 Å². The molecule has 1 aromatic heterocycles. The van der Waals surface area contributed by atoms with Crippen LogP contribution in [0.2, 0.25) is 0 Å². The molecule has 2 amide bonds. The molecule has 29 heavy (non-hydrogen) atoms. The number of fused-ring (bicyclic) bond motifs is 1. The zero-order chi connectivity index (χ0) is 20.8. The second-order valence-corrected chi connectivity index (χ2v) is 8.95. The van der Waals surface area contributed by atoms with E-state index in [2.05, 4.69) is 24.1 Å². The molecule has 0 unspecified atom stereocenters. The Morgan fingerprint density at radius 1 is 1.28 bits per heavy atom. The van der Waals surface area contributed by atoms with Crippen LogP contribution in [0.1, 0.15) is 49.2 Å². The number of nitrogens with one attached hydrogen (secondary N) is 1. The van der Waals surface area contributed by atoms with Gasteiger partial charge < -0.3 is 15.0 Å². The number of carbonyl (C=O) groups excluding carboxylic acids is 2. The van der Waals surface area contributed by atoms with Crippen LogP contribution in [0.5, 0.6) is 5.75 Å². The first kappa shape index (κ1) is 21.3. The lowest BCUT2D eigenvalue weighted by molar-refractivity contribution is -0.132. The number of benzene rings is 1. The van der Waals surface area contributed by atoms with Crippen molar-refractivity contribution < 1.29 is 14.3 Å². The second-order valence-electron chi connectivity index (χ2n) is 7.87. The molecule has 0 aliphatic carbocycles. The molecule has 2 aromatic rings. The normalized spacial score (nSPS) is 13.3. The van der Waals surface area contributed by atoms with Crippen LogP contribution in [0.25, 0.3) is 0 Å². The maximum Gasteiger partial charge on any atom is 0.226 e. The van der Waals surface area contributed by atoms with Crippen LogP contribution in [0, 0.1) is 12.8 Å². The summed E-state index contributed by atoms with van der Waals surface area (Å²) >= 11 is 1.47. The third-order valence-corrected chi connectivity index (χ3v) is 5.75. The van der Waals surface area contributed by atoms with Gasteiger partial charge in [0.05, 0.1) is 18.8 Å². The Hall–Kier alpha value is -2.41. The predicted molar refractivity (Wildman–Crippen MR) is 115 cm³/mol. The number of rotatable bonds is 8. The zero-order valence-corrected chi connectivity index (χ0v) is 18.2. The van der Waals surface area contributed by atoms with Crippen molar-refractivity contribution in [1.29, 1.82) is 0 Å². The number of thiazole rings is 1. The molecule has 0 saturated carbocycles. The molecule has 2 heterocycles. The summed E-state index contributed by atoms with van der Waals surface area (Å²) in [6, 6.07) is 7.88. The first-order chi connectivity index (χ1) is 13.9. The van der Waals surface area contributed by atoms with Gasteiger partial charge in [0.1, 0.15) is 5.75 Å². The topological polar surface area (TPSA) is 71.5 Å². The SMILES string of the molecule is Cc1ccc(OCCCC(=O)Nc2nc3c(s2)CN(C(=O)CC(C)C)CC3)cc1. The summed E-state index contributed by atoms with van der Waals surface area (Å²) < 4.78 is 5.66. The minimum absolute atomic E-state index is 0.0589. The summed E-state index contributed by atoms with van der Waals surface area (Å²) in [5.41, 5.74) is 2.19. The van der Waals surface area contributed by atoms with E-state index in [1.807, 2.05) is 36.1 Å². The minimum Gasteiger partial charge on any atom is -0.494 e. The molecule has 156 valence electrons. The quantitative estimate of drug-likeness (QED) is 0.657. The van der Waals surface area contributed by atoms with Crippen molar-refractivity contribution in [2.75, 3.05) is 18.5 Å². The van der Waals surface area contributed by atoms with E-state index < -0.39 is 0 Å². The molecule has 1 aromatic carbocycles. The summed E-state index contributed by atoms with van der Waals surface area (Å²) in [6.07, 6.45) is 2.34. The second kappa shape index (κ2) is 9.87. The molecule has 7 heteroatoms. The first-order valence-corrected chi connectivity index (χ1v) is 11.0. The van der Waals surface area contributed by atoms with Crippen molar-refractivity contribution in [3.63, 3.8) is 0 Å². The lowest BCUT2D eigenvalue weighted by Crippen LogP contribution is -2.36. The van der Waals surface area contributed by atoms with Crippen molar-refractivity contribution in [1.82, 2.24) is 9.88 Å². The molecule has 0 bridgehead atoms. The monoisotopic (exact) mass is 415 g/mol. The molecule has 0 saturated heterocycles. The van der Waals surface area contributed by atoms with Crippen molar-refractivity contribution in [3.05, 3.63) is 40.4 Å².